The molecule has 0 bridgehead atoms. The van der Waals surface area contributed by atoms with Crippen molar-refractivity contribution < 1.29 is 4.57 Å². The highest BCUT2D eigenvalue weighted by molar-refractivity contribution is 5.14. The van der Waals surface area contributed by atoms with Gasteiger partial charge in [-0.1, -0.05) is 134 Å². The van der Waals surface area contributed by atoms with Crippen LogP contribution in [0, 0.1) is 0 Å². The quantitative estimate of drug-likeness (QED) is 0.132. The minimum Gasteiger partial charge on any atom is -0.205 e. The molecule has 0 fully saturated rings. The molecule has 0 unspecified atom stereocenters. The monoisotopic (exact) mass is 450 g/mol. The molecule has 0 saturated heterocycles. The predicted octanol–water partition coefficient (Wildman–Crippen LogP) is 9.41. The Morgan fingerprint density at radius 2 is 0.970 bits per heavy atom. The molecule has 33 heavy (non-hydrogen) atoms. The second-order valence-electron chi connectivity index (χ2n) is 10.1. The molecule has 0 N–H and O–H groups in total. The third-order valence-corrected chi connectivity index (χ3v) is 6.96. The summed E-state index contributed by atoms with van der Waals surface area (Å²) >= 11 is 0. The summed E-state index contributed by atoms with van der Waals surface area (Å²) in [6.45, 7) is 3.41. The topological polar surface area (TPSA) is 3.88 Å². The number of aromatic nitrogens is 1. The summed E-state index contributed by atoms with van der Waals surface area (Å²) < 4.78 is 2.38. The minimum absolute atomic E-state index is 1.11. The van der Waals surface area contributed by atoms with Crippen LogP contribution in [0.15, 0.2) is 54.9 Å². The Bertz CT molecular complexity index is 678. The molecule has 1 aromatic carbocycles. The third-order valence-electron chi connectivity index (χ3n) is 6.96. The normalized spacial score (nSPS) is 11.2. The van der Waals surface area contributed by atoms with Gasteiger partial charge in [-0.15, -0.1) is 0 Å². The fourth-order valence-electron chi connectivity index (χ4n) is 4.85. The highest BCUT2D eigenvalue weighted by Gasteiger charge is 2.04. The van der Waals surface area contributed by atoms with Crippen LogP contribution in [0.5, 0.6) is 0 Å². The summed E-state index contributed by atoms with van der Waals surface area (Å²) in [6.07, 6.45) is 31.2. The Labute approximate surface area is 206 Å². The summed E-state index contributed by atoms with van der Waals surface area (Å²) in [5.74, 6) is 0. The number of pyridine rings is 1. The zero-order chi connectivity index (χ0) is 23.2. The molecule has 2 aromatic rings. The number of aryl methyl sites for hydroxylation is 3. The van der Waals surface area contributed by atoms with Crippen molar-refractivity contribution in [3.05, 3.63) is 66.0 Å². The van der Waals surface area contributed by atoms with E-state index in [1.54, 1.807) is 0 Å². The van der Waals surface area contributed by atoms with E-state index in [9.17, 15) is 0 Å². The van der Waals surface area contributed by atoms with Gasteiger partial charge in [-0.3, -0.25) is 0 Å². The van der Waals surface area contributed by atoms with E-state index in [0.717, 1.165) is 13.0 Å². The summed E-state index contributed by atoms with van der Waals surface area (Å²) in [4.78, 5) is 0. The van der Waals surface area contributed by atoms with Crippen LogP contribution >= 0.6 is 0 Å². The first kappa shape index (κ1) is 27.6. The van der Waals surface area contributed by atoms with Gasteiger partial charge in [0.05, 0.1) is 0 Å². The van der Waals surface area contributed by atoms with Crippen molar-refractivity contribution >= 4 is 0 Å². The van der Waals surface area contributed by atoms with Crippen LogP contribution in [0.1, 0.15) is 127 Å². The summed E-state index contributed by atoms with van der Waals surface area (Å²) in [5.41, 5.74) is 2.95. The standard InChI is InChI=1S/C32H52N/c1-2-3-4-5-6-7-8-9-10-11-12-13-14-15-16-18-25-32-27-22-29-33(30-32)28-21-26-31-23-19-17-20-24-31/h17,19-20,22-24,27,29-30H,2-16,18,21,25-26,28H2,1H3/q+1. The fourth-order valence-corrected chi connectivity index (χ4v) is 4.85. The molecule has 0 aliphatic carbocycles. The van der Waals surface area contributed by atoms with Gasteiger partial charge in [-0.25, -0.2) is 4.57 Å². The first-order valence-corrected chi connectivity index (χ1v) is 14.4. The van der Waals surface area contributed by atoms with Crippen molar-refractivity contribution in [3.63, 3.8) is 0 Å². The van der Waals surface area contributed by atoms with Crippen LogP contribution in [0.2, 0.25) is 0 Å². The van der Waals surface area contributed by atoms with E-state index in [4.69, 9.17) is 0 Å². The number of rotatable bonds is 21. The molecule has 184 valence electrons. The zero-order valence-corrected chi connectivity index (χ0v) is 21.8. The molecule has 1 aromatic heterocycles. The zero-order valence-electron chi connectivity index (χ0n) is 21.8. The molecule has 0 amide bonds. The predicted molar refractivity (Wildman–Crippen MR) is 145 cm³/mol. The largest absolute Gasteiger partial charge is 0.205 e. The van der Waals surface area contributed by atoms with E-state index in [2.05, 4.69) is 66.3 Å². The van der Waals surface area contributed by atoms with Crippen LogP contribution in [-0.4, -0.2) is 0 Å². The van der Waals surface area contributed by atoms with Crippen molar-refractivity contribution in [2.24, 2.45) is 0 Å². The minimum atomic E-state index is 1.11. The van der Waals surface area contributed by atoms with Crippen LogP contribution in [0.3, 0.4) is 0 Å². The van der Waals surface area contributed by atoms with E-state index >= 15 is 0 Å². The van der Waals surface area contributed by atoms with Crippen molar-refractivity contribution in [1.82, 2.24) is 0 Å². The number of hydrogen-bond acceptors (Lipinski definition) is 0. The Balaban J connectivity index is 1.38. The Morgan fingerprint density at radius 1 is 0.485 bits per heavy atom. The Morgan fingerprint density at radius 3 is 1.55 bits per heavy atom. The maximum Gasteiger partial charge on any atom is 0.171 e. The molecule has 0 aliphatic rings. The van der Waals surface area contributed by atoms with Crippen LogP contribution in [-0.2, 0) is 19.4 Å². The SMILES string of the molecule is CCCCCCCCCCCCCCCCCCc1ccc[n+](CCCc2ccccc2)c1. The number of hydrogen-bond donors (Lipinski definition) is 0. The number of nitrogens with zero attached hydrogens (tertiary/aromatic N) is 1. The van der Waals surface area contributed by atoms with E-state index in [1.807, 2.05) is 0 Å². The van der Waals surface area contributed by atoms with Gasteiger partial charge in [0.2, 0.25) is 0 Å². The van der Waals surface area contributed by atoms with Gasteiger partial charge in [-0.05, 0) is 30.9 Å². The molecule has 2 rings (SSSR count). The lowest BCUT2D eigenvalue weighted by Gasteiger charge is -2.04. The van der Waals surface area contributed by atoms with Crippen molar-refractivity contribution in [2.45, 2.75) is 135 Å². The van der Waals surface area contributed by atoms with Crippen molar-refractivity contribution in [3.8, 4) is 0 Å². The lowest BCUT2D eigenvalue weighted by Crippen LogP contribution is -2.33. The third kappa shape index (κ3) is 15.0. The Kier molecular flexibility index (Phi) is 16.6. The molecule has 0 spiro atoms. The van der Waals surface area contributed by atoms with Crippen LogP contribution in [0.4, 0.5) is 0 Å². The van der Waals surface area contributed by atoms with E-state index in [-0.39, 0.29) is 0 Å². The second-order valence-corrected chi connectivity index (χ2v) is 10.1. The second kappa shape index (κ2) is 19.8. The van der Waals surface area contributed by atoms with Gasteiger partial charge in [0.25, 0.3) is 0 Å². The molecule has 1 nitrogen and oxygen atoms in total. The van der Waals surface area contributed by atoms with Crippen molar-refractivity contribution in [2.75, 3.05) is 0 Å². The van der Waals surface area contributed by atoms with E-state index in [1.165, 1.54) is 127 Å². The molecule has 0 aliphatic heterocycles. The van der Waals surface area contributed by atoms with Gasteiger partial charge in [-0.2, -0.15) is 0 Å². The van der Waals surface area contributed by atoms with Crippen LogP contribution in [0.25, 0.3) is 0 Å². The summed E-state index contributed by atoms with van der Waals surface area (Å²) in [7, 11) is 0. The van der Waals surface area contributed by atoms with Gasteiger partial charge in [0.15, 0.2) is 12.4 Å². The number of benzene rings is 1. The fraction of sp³-hybridized carbons (Fsp3) is 0.656. The molecule has 1 heterocycles. The van der Waals surface area contributed by atoms with Gasteiger partial charge >= 0.3 is 0 Å². The molecule has 0 saturated carbocycles. The average Bonchev–Trinajstić information content (AvgIpc) is 2.85. The van der Waals surface area contributed by atoms with E-state index in [0.29, 0.717) is 0 Å². The van der Waals surface area contributed by atoms with Gasteiger partial charge in [0.1, 0.15) is 6.54 Å². The lowest BCUT2D eigenvalue weighted by atomic mass is 10.0. The van der Waals surface area contributed by atoms with Crippen LogP contribution < -0.4 is 4.57 Å². The molecule has 1 heteroatoms. The summed E-state index contributed by atoms with van der Waals surface area (Å²) in [6, 6.07) is 15.4. The van der Waals surface area contributed by atoms with E-state index < -0.39 is 0 Å². The summed E-state index contributed by atoms with van der Waals surface area (Å²) in [5, 5.41) is 0. The Hall–Kier alpha value is -1.63. The maximum atomic E-state index is 2.38. The molecular formula is C32H52N+. The average molecular weight is 451 g/mol. The van der Waals surface area contributed by atoms with Gasteiger partial charge < -0.3 is 0 Å². The lowest BCUT2D eigenvalue weighted by molar-refractivity contribution is -0.697. The first-order valence-electron chi connectivity index (χ1n) is 14.4. The highest BCUT2D eigenvalue weighted by Crippen LogP contribution is 2.14. The van der Waals surface area contributed by atoms with Gasteiger partial charge in [0, 0.05) is 18.1 Å². The maximum absolute atomic E-state index is 2.38. The van der Waals surface area contributed by atoms with Crippen molar-refractivity contribution in [1.29, 1.82) is 0 Å². The smallest absolute Gasteiger partial charge is 0.171 e. The molecule has 0 radical (unpaired) electrons. The highest BCUT2D eigenvalue weighted by atomic mass is 14.9. The molecular weight excluding hydrogens is 398 g/mol. The molecule has 0 atom stereocenters. The number of unbranched alkanes of at least 4 members (excludes halogenated alkanes) is 15. The first-order chi connectivity index (χ1) is 16.4.